The van der Waals surface area contributed by atoms with E-state index < -0.39 is 23.0 Å². The molecule has 2 atom stereocenters. The first kappa shape index (κ1) is 17.1. The number of amides is 1. The lowest BCUT2D eigenvalue weighted by Crippen LogP contribution is -2.54. The fraction of sp³-hybridized carbons (Fsp3) is 0.579. The Labute approximate surface area is 142 Å². The van der Waals surface area contributed by atoms with Crippen molar-refractivity contribution < 1.29 is 19.4 Å². The summed E-state index contributed by atoms with van der Waals surface area (Å²) in [6.07, 6.45) is 1.99. The number of Topliss-reactive ketones (excluding diaryl/α,β-unsaturated/α-hetero) is 1. The number of ether oxygens (including phenoxy) is 1. The second-order valence-corrected chi connectivity index (χ2v) is 7.36. The van der Waals surface area contributed by atoms with E-state index in [9.17, 15) is 14.7 Å². The molecule has 2 unspecified atom stereocenters. The molecule has 0 aliphatic carbocycles. The van der Waals surface area contributed by atoms with Gasteiger partial charge in [-0.3, -0.25) is 9.59 Å². The van der Waals surface area contributed by atoms with Gasteiger partial charge in [-0.25, -0.2) is 0 Å². The molecule has 0 aromatic heterocycles. The molecule has 0 bridgehead atoms. The van der Waals surface area contributed by atoms with Gasteiger partial charge in [0.25, 0.3) is 5.91 Å². The molecular weight excluding hydrogens is 306 g/mol. The van der Waals surface area contributed by atoms with Crippen LogP contribution in [0.25, 0.3) is 0 Å². The number of benzene rings is 1. The normalized spacial score (nSPS) is 29.0. The Hall–Kier alpha value is -1.72. The van der Waals surface area contributed by atoms with Gasteiger partial charge in [-0.1, -0.05) is 31.5 Å². The van der Waals surface area contributed by atoms with Crippen molar-refractivity contribution in [3.05, 3.63) is 29.8 Å². The van der Waals surface area contributed by atoms with Crippen LogP contribution in [0.4, 0.5) is 5.69 Å². The van der Waals surface area contributed by atoms with Crippen LogP contribution in [0, 0.1) is 5.92 Å². The van der Waals surface area contributed by atoms with E-state index in [1.165, 1.54) is 0 Å². The highest BCUT2D eigenvalue weighted by Gasteiger charge is 2.58. The predicted octanol–water partition coefficient (Wildman–Crippen LogP) is 2.41. The first-order valence-electron chi connectivity index (χ1n) is 8.62. The number of carbonyl (C=O) groups is 2. The van der Waals surface area contributed by atoms with Crippen molar-refractivity contribution in [1.82, 2.24) is 0 Å². The standard InChI is InChI=1S/C19H25NO4/c1-4-5-10-20-15-9-7-6-8-13(15)19(23,17(20)22)14-12-24-18(2,3)11-16(14)21/h6-9,14,23H,4-5,10-12H2,1-3H3. The van der Waals surface area contributed by atoms with Crippen LogP contribution in [0.2, 0.25) is 0 Å². The molecule has 1 fully saturated rings. The summed E-state index contributed by atoms with van der Waals surface area (Å²) in [6.45, 7) is 6.36. The number of hydrogen-bond acceptors (Lipinski definition) is 4. The van der Waals surface area contributed by atoms with Crippen LogP contribution >= 0.6 is 0 Å². The summed E-state index contributed by atoms with van der Waals surface area (Å²) in [5.41, 5.74) is -1.14. The van der Waals surface area contributed by atoms with Crippen LogP contribution < -0.4 is 4.90 Å². The van der Waals surface area contributed by atoms with Gasteiger partial charge < -0.3 is 14.7 Å². The van der Waals surface area contributed by atoms with Crippen LogP contribution in [0.3, 0.4) is 0 Å². The molecule has 5 nitrogen and oxygen atoms in total. The van der Waals surface area contributed by atoms with Crippen molar-refractivity contribution in [2.24, 2.45) is 5.92 Å². The average molecular weight is 331 g/mol. The fourth-order valence-corrected chi connectivity index (χ4v) is 3.69. The van der Waals surface area contributed by atoms with Gasteiger partial charge >= 0.3 is 0 Å². The van der Waals surface area contributed by atoms with E-state index >= 15 is 0 Å². The number of carbonyl (C=O) groups excluding carboxylic acids is 2. The highest BCUT2D eigenvalue weighted by Crippen LogP contribution is 2.47. The van der Waals surface area contributed by atoms with Gasteiger partial charge in [-0.2, -0.15) is 0 Å². The highest BCUT2D eigenvalue weighted by molar-refractivity contribution is 6.09. The second-order valence-electron chi connectivity index (χ2n) is 7.36. The molecule has 24 heavy (non-hydrogen) atoms. The van der Waals surface area contributed by atoms with Gasteiger partial charge in [-0.05, 0) is 26.3 Å². The first-order valence-corrected chi connectivity index (χ1v) is 8.62. The number of unbranched alkanes of at least 4 members (excludes halogenated alkanes) is 1. The van der Waals surface area contributed by atoms with E-state index in [0.29, 0.717) is 17.8 Å². The number of fused-ring (bicyclic) bond motifs is 1. The lowest BCUT2D eigenvalue weighted by atomic mass is 9.76. The maximum atomic E-state index is 13.1. The first-order chi connectivity index (χ1) is 11.3. The Balaban J connectivity index is 2.00. The summed E-state index contributed by atoms with van der Waals surface area (Å²) < 4.78 is 5.75. The number of para-hydroxylation sites is 1. The van der Waals surface area contributed by atoms with E-state index in [4.69, 9.17) is 4.74 Å². The molecule has 1 aromatic carbocycles. The van der Waals surface area contributed by atoms with Crippen LogP contribution in [0.1, 0.15) is 45.6 Å². The minimum absolute atomic E-state index is 0.0595. The monoisotopic (exact) mass is 331 g/mol. The lowest BCUT2D eigenvalue weighted by molar-refractivity contribution is -0.172. The summed E-state index contributed by atoms with van der Waals surface area (Å²) in [5, 5.41) is 11.4. The minimum Gasteiger partial charge on any atom is -0.375 e. The molecule has 2 heterocycles. The van der Waals surface area contributed by atoms with Gasteiger partial charge in [0, 0.05) is 18.5 Å². The molecule has 0 spiro atoms. The van der Waals surface area contributed by atoms with Gasteiger partial charge in [0.1, 0.15) is 5.78 Å². The zero-order chi connectivity index (χ0) is 17.5. The van der Waals surface area contributed by atoms with Gasteiger partial charge in [0.2, 0.25) is 0 Å². The lowest BCUT2D eigenvalue weighted by Gasteiger charge is -2.39. The van der Waals surface area contributed by atoms with Crippen LogP contribution in [0.5, 0.6) is 0 Å². The van der Waals surface area contributed by atoms with Crippen molar-refractivity contribution in [2.45, 2.75) is 51.2 Å². The Morgan fingerprint density at radius 3 is 2.67 bits per heavy atom. The third-order valence-electron chi connectivity index (χ3n) is 5.05. The number of nitrogens with zero attached hydrogens (tertiary/aromatic N) is 1. The molecule has 1 N–H and O–H groups in total. The van der Waals surface area contributed by atoms with Gasteiger partial charge in [0.15, 0.2) is 5.60 Å². The number of aliphatic hydroxyl groups is 1. The summed E-state index contributed by atoms with van der Waals surface area (Å²) in [7, 11) is 0. The maximum absolute atomic E-state index is 13.1. The number of rotatable bonds is 4. The Morgan fingerprint density at radius 1 is 1.29 bits per heavy atom. The summed E-state index contributed by atoms with van der Waals surface area (Å²) in [5.74, 6) is -1.38. The van der Waals surface area contributed by atoms with Crippen molar-refractivity contribution in [3.63, 3.8) is 0 Å². The Morgan fingerprint density at radius 2 is 2.00 bits per heavy atom. The minimum atomic E-state index is -1.82. The Kier molecular flexibility index (Phi) is 4.26. The summed E-state index contributed by atoms with van der Waals surface area (Å²) >= 11 is 0. The molecule has 5 heteroatoms. The molecular formula is C19H25NO4. The molecule has 1 amide bonds. The topological polar surface area (TPSA) is 66.8 Å². The van der Waals surface area contributed by atoms with E-state index in [1.54, 1.807) is 17.0 Å². The van der Waals surface area contributed by atoms with Crippen molar-refractivity contribution >= 4 is 17.4 Å². The maximum Gasteiger partial charge on any atom is 0.264 e. The van der Waals surface area contributed by atoms with E-state index in [-0.39, 0.29) is 18.8 Å². The molecule has 2 aliphatic heterocycles. The molecule has 130 valence electrons. The summed E-state index contributed by atoms with van der Waals surface area (Å²) in [4.78, 5) is 27.3. The molecule has 1 aromatic rings. The Bertz CT molecular complexity index is 669. The predicted molar refractivity (Wildman–Crippen MR) is 90.7 cm³/mol. The van der Waals surface area contributed by atoms with Crippen LogP contribution in [-0.4, -0.2) is 35.5 Å². The van der Waals surface area contributed by atoms with E-state index in [0.717, 1.165) is 12.8 Å². The molecule has 0 radical (unpaired) electrons. The van der Waals surface area contributed by atoms with Crippen LogP contribution in [-0.2, 0) is 19.9 Å². The van der Waals surface area contributed by atoms with E-state index in [1.807, 2.05) is 26.0 Å². The highest BCUT2D eigenvalue weighted by atomic mass is 16.5. The molecule has 2 aliphatic rings. The number of anilines is 1. The third-order valence-corrected chi connectivity index (χ3v) is 5.05. The molecule has 0 saturated carbocycles. The number of ketones is 1. The fourth-order valence-electron chi connectivity index (χ4n) is 3.69. The second kappa shape index (κ2) is 5.97. The van der Waals surface area contributed by atoms with Crippen molar-refractivity contribution in [2.75, 3.05) is 18.1 Å². The van der Waals surface area contributed by atoms with E-state index in [2.05, 4.69) is 6.92 Å². The van der Waals surface area contributed by atoms with Gasteiger partial charge in [-0.15, -0.1) is 0 Å². The van der Waals surface area contributed by atoms with Crippen LogP contribution in [0.15, 0.2) is 24.3 Å². The third kappa shape index (κ3) is 2.56. The summed E-state index contributed by atoms with van der Waals surface area (Å²) in [6, 6.07) is 7.21. The number of hydrogen-bond donors (Lipinski definition) is 1. The quantitative estimate of drug-likeness (QED) is 0.920. The smallest absolute Gasteiger partial charge is 0.264 e. The zero-order valence-electron chi connectivity index (χ0n) is 14.5. The van der Waals surface area contributed by atoms with Crippen molar-refractivity contribution in [3.8, 4) is 0 Å². The average Bonchev–Trinajstić information content (AvgIpc) is 2.74. The molecule has 1 saturated heterocycles. The SMILES string of the molecule is CCCCN1C(=O)C(O)(C2COC(C)(C)CC2=O)c2ccccc21. The van der Waals surface area contributed by atoms with Gasteiger partial charge in [0.05, 0.1) is 23.8 Å². The zero-order valence-corrected chi connectivity index (χ0v) is 14.5. The molecule has 3 rings (SSSR count). The van der Waals surface area contributed by atoms with Crippen molar-refractivity contribution in [1.29, 1.82) is 0 Å². The largest absolute Gasteiger partial charge is 0.375 e.